The number of hydrogen-bond donors (Lipinski definition) is 1. The van der Waals surface area contributed by atoms with Crippen LogP contribution >= 0.6 is 11.5 Å². The standard InChI is InChI=1S/C13H15NO2S/c1-8-11-9(7-13(2,3)12(15)16)5-4-6-10(11)17-14-8/h4-6H,7H2,1-3H3,(H,15,16). The molecule has 4 heteroatoms. The lowest BCUT2D eigenvalue weighted by molar-refractivity contribution is -0.146. The molecule has 0 amide bonds. The van der Waals surface area contributed by atoms with Gasteiger partial charge in [0.25, 0.3) is 0 Å². The lowest BCUT2D eigenvalue weighted by Crippen LogP contribution is -2.26. The monoisotopic (exact) mass is 249 g/mol. The summed E-state index contributed by atoms with van der Waals surface area (Å²) in [6, 6.07) is 5.99. The van der Waals surface area contributed by atoms with Gasteiger partial charge in [0.2, 0.25) is 0 Å². The summed E-state index contributed by atoms with van der Waals surface area (Å²) in [5.41, 5.74) is 1.31. The summed E-state index contributed by atoms with van der Waals surface area (Å²) >= 11 is 1.47. The third kappa shape index (κ3) is 2.17. The molecule has 1 aromatic carbocycles. The Balaban J connectivity index is 2.49. The van der Waals surface area contributed by atoms with Crippen molar-refractivity contribution in [3.05, 3.63) is 29.5 Å². The number of aryl methyl sites for hydroxylation is 1. The van der Waals surface area contributed by atoms with Gasteiger partial charge < -0.3 is 5.11 Å². The summed E-state index contributed by atoms with van der Waals surface area (Å²) < 4.78 is 5.45. The van der Waals surface area contributed by atoms with E-state index in [0.29, 0.717) is 6.42 Å². The summed E-state index contributed by atoms with van der Waals surface area (Å²) in [4.78, 5) is 11.2. The molecule has 2 aromatic rings. The van der Waals surface area contributed by atoms with Crippen LogP contribution in [-0.2, 0) is 11.2 Å². The number of carbonyl (C=O) groups is 1. The Kier molecular flexibility index (Phi) is 2.91. The predicted molar refractivity (Wildman–Crippen MR) is 69.5 cm³/mol. The maximum absolute atomic E-state index is 11.2. The molecule has 1 aromatic heterocycles. The minimum Gasteiger partial charge on any atom is -0.481 e. The highest BCUT2D eigenvalue weighted by Crippen LogP contribution is 2.30. The fourth-order valence-electron chi connectivity index (χ4n) is 1.93. The van der Waals surface area contributed by atoms with Gasteiger partial charge in [0.05, 0.1) is 15.8 Å². The molecule has 0 bridgehead atoms. The molecule has 0 aliphatic rings. The quantitative estimate of drug-likeness (QED) is 0.908. The molecule has 0 unspecified atom stereocenters. The first kappa shape index (κ1) is 12.0. The van der Waals surface area contributed by atoms with Crippen molar-refractivity contribution in [1.82, 2.24) is 4.37 Å². The van der Waals surface area contributed by atoms with Crippen LogP contribution in [0.3, 0.4) is 0 Å². The summed E-state index contributed by atoms with van der Waals surface area (Å²) in [6.45, 7) is 5.47. The SMILES string of the molecule is Cc1nsc2cccc(CC(C)(C)C(=O)O)c12. The molecule has 0 saturated heterocycles. The molecular formula is C13H15NO2S. The number of aliphatic carboxylic acids is 1. The van der Waals surface area contributed by atoms with Gasteiger partial charge in [-0.05, 0) is 50.4 Å². The molecule has 90 valence electrons. The zero-order valence-corrected chi connectivity index (χ0v) is 11.0. The van der Waals surface area contributed by atoms with Crippen molar-refractivity contribution in [1.29, 1.82) is 0 Å². The Morgan fingerprint density at radius 2 is 2.18 bits per heavy atom. The minimum absolute atomic E-state index is 0.527. The molecule has 2 rings (SSSR count). The number of hydrogen-bond acceptors (Lipinski definition) is 3. The van der Waals surface area contributed by atoms with Crippen molar-refractivity contribution in [3.63, 3.8) is 0 Å². The highest BCUT2D eigenvalue weighted by Gasteiger charge is 2.28. The van der Waals surface area contributed by atoms with Gasteiger partial charge in [-0.15, -0.1) is 0 Å². The van der Waals surface area contributed by atoms with E-state index in [2.05, 4.69) is 4.37 Å². The second kappa shape index (κ2) is 4.11. The number of nitrogens with zero attached hydrogens (tertiary/aromatic N) is 1. The van der Waals surface area contributed by atoms with E-state index in [9.17, 15) is 9.90 Å². The lowest BCUT2D eigenvalue weighted by Gasteiger charge is -2.19. The van der Waals surface area contributed by atoms with Crippen LogP contribution in [0.25, 0.3) is 10.1 Å². The number of carboxylic acids is 1. The average Bonchev–Trinajstić information content (AvgIpc) is 2.61. The third-order valence-electron chi connectivity index (χ3n) is 2.97. The molecule has 0 saturated carbocycles. The minimum atomic E-state index is -0.768. The number of benzene rings is 1. The average molecular weight is 249 g/mol. The molecule has 3 nitrogen and oxygen atoms in total. The second-order valence-corrected chi connectivity index (χ2v) is 5.73. The summed E-state index contributed by atoms with van der Waals surface area (Å²) in [5.74, 6) is -0.768. The van der Waals surface area contributed by atoms with Crippen molar-refractivity contribution < 1.29 is 9.90 Å². The van der Waals surface area contributed by atoms with Crippen LogP contribution in [0, 0.1) is 12.3 Å². The Morgan fingerprint density at radius 3 is 2.82 bits per heavy atom. The third-order valence-corrected chi connectivity index (χ3v) is 3.87. The maximum Gasteiger partial charge on any atom is 0.309 e. The van der Waals surface area contributed by atoms with Gasteiger partial charge in [-0.3, -0.25) is 4.79 Å². The number of aromatic nitrogens is 1. The summed E-state index contributed by atoms with van der Waals surface area (Å²) in [6.07, 6.45) is 0.527. The highest BCUT2D eigenvalue weighted by atomic mass is 32.1. The first-order chi connectivity index (χ1) is 7.92. The summed E-state index contributed by atoms with van der Waals surface area (Å²) in [5, 5.41) is 10.3. The van der Waals surface area contributed by atoms with Gasteiger partial charge in [0, 0.05) is 5.39 Å². The Morgan fingerprint density at radius 1 is 1.47 bits per heavy atom. The molecule has 0 radical (unpaired) electrons. The van der Waals surface area contributed by atoms with E-state index in [4.69, 9.17) is 0 Å². The topological polar surface area (TPSA) is 50.2 Å². The Labute approximate surface area is 104 Å². The van der Waals surface area contributed by atoms with Crippen LogP contribution in [0.1, 0.15) is 25.1 Å². The van der Waals surface area contributed by atoms with E-state index in [1.165, 1.54) is 11.5 Å². The first-order valence-electron chi connectivity index (χ1n) is 5.49. The van der Waals surface area contributed by atoms with E-state index in [1.54, 1.807) is 13.8 Å². The van der Waals surface area contributed by atoms with Gasteiger partial charge in [0.15, 0.2) is 0 Å². The molecular weight excluding hydrogens is 234 g/mol. The van der Waals surface area contributed by atoms with Crippen LogP contribution < -0.4 is 0 Å². The Hall–Kier alpha value is -1.42. The van der Waals surface area contributed by atoms with E-state index < -0.39 is 11.4 Å². The van der Waals surface area contributed by atoms with Gasteiger partial charge >= 0.3 is 5.97 Å². The van der Waals surface area contributed by atoms with Crippen LogP contribution in [0.4, 0.5) is 0 Å². The van der Waals surface area contributed by atoms with E-state index in [0.717, 1.165) is 21.3 Å². The molecule has 0 fully saturated rings. The van der Waals surface area contributed by atoms with Gasteiger partial charge in [-0.25, -0.2) is 0 Å². The van der Waals surface area contributed by atoms with E-state index in [-0.39, 0.29) is 0 Å². The first-order valence-corrected chi connectivity index (χ1v) is 6.26. The maximum atomic E-state index is 11.2. The molecule has 17 heavy (non-hydrogen) atoms. The van der Waals surface area contributed by atoms with Crippen LogP contribution in [0.15, 0.2) is 18.2 Å². The molecule has 0 spiro atoms. The van der Waals surface area contributed by atoms with E-state index >= 15 is 0 Å². The van der Waals surface area contributed by atoms with Crippen LogP contribution in [0.2, 0.25) is 0 Å². The van der Waals surface area contributed by atoms with Gasteiger partial charge in [-0.2, -0.15) is 4.37 Å². The van der Waals surface area contributed by atoms with Crippen molar-refractivity contribution in [2.45, 2.75) is 27.2 Å². The predicted octanol–water partition coefficient (Wildman–Crippen LogP) is 3.26. The largest absolute Gasteiger partial charge is 0.481 e. The van der Waals surface area contributed by atoms with Crippen LogP contribution in [-0.4, -0.2) is 15.4 Å². The van der Waals surface area contributed by atoms with Gasteiger partial charge in [0.1, 0.15) is 0 Å². The lowest BCUT2D eigenvalue weighted by atomic mass is 9.85. The fourth-order valence-corrected chi connectivity index (χ4v) is 2.76. The zero-order valence-electron chi connectivity index (χ0n) is 10.2. The van der Waals surface area contributed by atoms with Crippen molar-refractivity contribution in [2.75, 3.05) is 0 Å². The smallest absolute Gasteiger partial charge is 0.309 e. The van der Waals surface area contributed by atoms with Crippen molar-refractivity contribution in [3.8, 4) is 0 Å². The van der Waals surface area contributed by atoms with Crippen LogP contribution in [0.5, 0.6) is 0 Å². The zero-order chi connectivity index (χ0) is 12.6. The highest BCUT2D eigenvalue weighted by molar-refractivity contribution is 7.13. The molecule has 0 atom stereocenters. The van der Waals surface area contributed by atoms with Crippen molar-refractivity contribution >= 4 is 27.6 Å². The molecule has 0 aliphatic carbocycles. The van der Waals surface area contributed by atoms with E-state index in [1.807, 2.05) is 25.1 Å². The Bertz CT molecular complexity index is 572. The molecule has 1 heterocycles. The number of fused-ring (bicyclic) bond motifs is 1. The number of rotatable bonds is 3. The van der Waals surface area contributed by atoms with Gasteiger partial charge in [-0.1, -0.05) is 12.1 Å². The normalized spacial score (nSPS) is 11.9. The summed E-state index contributed by atoms with van der Waals surface area (Å²) in [7, 11) is 0. The second-order valence-electron chi connectivity index (χ2n) is 4.92. The number of carboxylic acid groups (broad SMARTS) is 1. The fraction of sp³-hybridized carbons (Fsp3) is 0.385. The molecule has 0 aliphatic heterocycles. The molecule has 1 N–H and O–H groups in total. The van der Waals surface area contributed by atoms with Crippen molar-refractivity contribution in [2.24, 2.45) is 5.41 Å².